The Morgan fingerprint density at radius 3 is 2.53 bits per heavy atom. The summed E-state index contributed by atoms with van der Waals surface area (Å²) >= 11 is 2.16. The fraction of sp³-hybridized carbons (Fsp3) is 0.613. The van der Waals surface area contributed by atoms with E-state index < -0.39 is 29.6 Å². The molecule has 7 atom stereocenters. The molecule has 1 unspecified atom stereocenters. The summed E-state index contributed by atoms with van der Waals surface area (Å²) in [6.45, 7) is 7.58. The smallest absolute Gasteiger partial charge is 0.339 e. The highest BCUT2D eigenvalue weighted by molar-refractivity contribution is 14.1. The van der Waals surface area contributed by atoms with Crippen molar-refractivity contribution in [2.24, 2.45) is 34.5 Å². The quantitative estimate of drug-likeness (QED) is 0.288. The molecule has 0 radical (unpaired) electrons. The van der Waals surface area contributed by atoms with Crippen LogP contribution in [0.25, 0.3) is 0 Å². The first-order valence-corrected chi connectivity index (χ1v) is 14.9. The zero-order chi connectivity index (χ0) is 27.5. The molecule has 4 aliphatic rings. The molecule has 204 valence electrons. The van der Waals surface area contributed by atoms with Crippen LogP contribution in [0.1, 0.15) is 83.0 Å². The minimum Gasteiger partial charge on any atom is -0.458 e. The Kier molecular flexibility index (Phi) is 7.15. The molecule has 5 rings (SSSR count). The van der Waals surface area contributed by atoms with Gasteiger partial charge in [-0.15, -0.1) is 0 Å². The normalized spacial score (nSPS) is 37.8. The van der Waals surface area contributed by atoms with Crippen molar-refractivity contribution in [3.05, 3.63) is 45.0 Å². The van der Waals surface area contributed by atoms with Crippen LogP contribution in [0.2, 0.25) is 0 Å². The number of benzene rings is 1. The Bertz CT molecular complexity index is 1220. The maximum atomic E-state index is 13.9. The number of Topliss-reactive ketones (excluding diaryl/α,β-unsaturated/α-hetero) is 1. The van der Waals surface area contributed by atoms with Gasteiger partial charge >= 0.3 is 11.9 Å². The van der Waals surface area contributed by atoms with Gasteiger partial charge in [0.25, 0.3) is 0 Å². The number of carbonyl (C=O) groups excluding carboxylic acids is 4. The van der Waals surface area contributed by atoms with Gasteiger partial charge in [-0.05, 0) is 114 Å². The maximum absolute atomic E-state index is 13.9. The molecule has 4 aliphatic carbocycles. The van der Waals surface area contributed by atoms with E-state index in [0.717, 1.165) is 35.7 Å². The molecule has 3 fully saturated rings. The standard InChI is InChI=1S/C31H37IO6/c1-18-14-23-24(29(3)11-8-22(34)16-26(18)29)9-12-30(4)25(23)10-13-31(30,27(35)17-37-19(2)33)38-28(36)20-6-5-7-21(32)15-20/h5-7,15-16,18,23-25H,8-14,17H2,1-4H3/t18?,23-,24+,25+,29-,30+,31+/m1/s1. The SMILES string of the molecule is CC(=O)OCC(=O)[C@@]1(OC(=O)c2cccc(I)c2)CC[C@H]2[C@@H]3CC(C)C4=CC(=O)CC[C@]4(C)[C@H]3CC[C@@]21C. The van der Waals surface area contributed by atoms with Crippen LogP contribution in [-0.2, 0) is 23.9 Å². The molecule has 7 heteroatoms. The molecule has 1 aromatic rings. The van der Waals surface area contributed by atoms with Gasteiger partial charge < -0.3 is 9.47 Å². The third-order valence-corrected chi connectivity index (χ3v) is 11.3. The van der Waals surface area contributed by atoms with E-state index in [0.29, 0.717) is 36.2 Å². The Balaban J connectivity index is 1.51. The zero-order valence-electron chi connectivity index (χ0n) is 22.7. The van der Waals surface area contributed by atoms with E-state index in [4.69, 9.17) is 9.47 Å². The minimum atomic E-state index is -1.35. The van der Waals surface area contributed by atoms with Crippen LogP contribution in [0.5, 0.6) is 0 Å². The number of carbonyl (C=O) groups is 4. The Hall–Kier alpha value is -2.03. The molecule has 0 aliphatic heterocycles. The first kappa shape index (κ1) is 27.5. The third-order valence-electron chi connectivity index (χ3n) is 10.6. The number of esters is 2. The highest BCUT2D eigenvalue weighted by Gasteiger charge is 2.69. The first-order chi connectivity index (χ1) is 17.9. The number of ketones is 2. The molecule has 0 spiro atoms. The van der Waals surface area contributed by atoms with E-state index in [-0.39, 0.29) is 22.9 Å². The predicted molar refractivity (Wildman–Crippen MR) is 150 cm³/mol. The number of hydrogen-bond acceptors (Lipinski definition) is 6. The van der Waals surface area contributed by atoms with Crippen molar-refractivity contribution in [2.45, 2.75) is 78.2 Å². The van der Waals surface area contributed by atoms with Crippen molar-refractivity contribution in [3.8, 4) is 0 Å². The summed E-state index contributed by atoms with van der Waals surface area (Å²) in [5.74, 6) is 0.180. The molecule has 0 bridgehead atoms. The van der Waals surface area contributed by atoms with E-state index in [9.17, 15) is 19.2 Å². The fourth-order valence-electron chi connectivity index (χ4n) is 8.78. The van der Waals surface area contributed by atoms with Gasteiger partial charge in [-0.3, -0.25) is 14.4 Å². The summed E-state index contributed by atoms with van der Waals surface area (Å²) in [7, 11) is 0. The summed E-state index contributed by atoms with van der Waals surface area (Å²) in [6, 6.07) is 7.18. The van der Waals surface area contributed by atoms with Crippen molar-refractivity contribution in [3.63, 3.8) is 0 Å². The van der Waals surface area contributed by atoms with Gasteiger partial charge in [0.05, 0.1) is 5.56 Å². The molecule has 0 aromatic heterocycles. The van der Waals surface area contributed by atoms with E-state index >= 15 is 0 Å². The molecule has 0 N–H and O–H groups in total. The summed E-state index contributed by atoms with van der Waals surface area (Å²) < 4.78 is 12.4. The van der Waals surface area contributed by atoms with Crippen molar-refractivity contribution in [1.82, 2.24) is 0 Å². The van der Waals surface area contributed by atoms with Crippen LogP contribution in [0.3, 0.4) is 0 Å². The second-order valence-electron chi connectivity index (χ2n) is 12.4. The highest BCUT2D eigenvalue weighted by atomic mass is 127. The molecule has 0 amide bonds. The Morgan fingerprint density at radius 1 is 1.08 bits per heavy atom. The van der Waals surface area contributed by atoms with Gasteiger partial charge in [0.1, 0.15) is 0 Å². The molecule has 6 nitrogen and oxygen atoms in total. The number of halogens is 1. The lowest BCUT2D eigenvalue weighted by molar-refractivity contribution is -0.171. The first-order valence-electron chi connectivity index (χ1n) is 13.8. The predicted octanol–water partition coefficient (Wildman–Crippen LogP) is 6.10. The van der Waals surface area contributed by atoms with E-state index in [2.05, 4.69) is 43.4 Å². The Labute approximate surface area is 238 Å². The average Bonchev–Trinajstić information content (AvgIpc) is 3.16. The third kappa shape index (κ3) is 4.27. The van der Waals surface area contributed by atoms with Crippen LogP contribution in [0.15, 0.2) is 35.9 Å². The highest BCUT2D eigenvalue weighted by Crippen LogP contribution is 2.69. The fourth-order valence-corrected chi connectivity index (χ4v) is 9.33. The zero-order valence-corrected chi connectivity index (χ0v) is 24.8. The molecule has 0 saturated heterocycles. The number of rotatable bonds is 5. The van der Waals surface area contributed by atoms with Crippen LogP contribution < -0.4 is 0 Å². The maximum Gasteiger partial charge on any atom is 0.339 e. The van der Waals surface area contributed by atoms with Crippen LogP contribution in [-0.4, -0.2) is 35.7 Å². The van der Waals surface area contributed by atoms with E-state index in [1.54, 1.807) is 18.2 Å². The molecule has 0 heterocycles. The van der Waals surface area contributed by atoms with Crippen molar-refractivity contribution in [2.75, 3.05) is 6.61 Å². The van der Waals surface area contributed by atoms with Gasteiger partial charge in [0, 0.05) is 22.3 Å². The summed E-state index contributed by atoms with van der Waals surface area (Å²) in [6.07, 6.45) is 7.23. The molecule has 1 aromatic carbocycles. The summed E-state index contributed by atoms with van der Waals surface area (Å²) in [4.78, 5) is 51.3. The largest absolute Gasteiger partial charge is 0.458 e. The second kappa shape index (κ2) is 9.86. The van der Waals surface area contributed by atoms with Gasteiger partial charge in [-0.2, -0.15) is 0 Å². The summed E-state index contributed by atoms with van der Waals surface area (Å²) in [5.41, 5.74) is -0.205. The summed E-state index contributed by atoms with van der Waals surface area (Å²) in [5, 5.41) is 0. The molecule has 3 saturated carbocycles. The second-order valence-corrected chi connectivity index (χ2v) is 13.7. The van der Waals surface area contributed by atoms with Crippen LogP contribution in [0.4, 0.5) is 0 Å². The van der Waals surface area contributed by atoms with Gasteiger partial charge in [0.2, 0.25) is 5.78 Å². The lowest BCUT2D eigenvalue weighted by Gasteiger charge is -2.60. The van der Waals surface area contributed by atoms with Crippen LogP contribution in [0, 0.1) is 38.1 Å². The Morgan fingerprint density at radius 2 is 1.82 bits per heavy atom. The monoisotopic (exact) mass is 632 g/mol. The van der Waals surface area contributed by atoms with Gasteiger partial charge in [-0.1, -0.05) is 32.4 Å². The van der Waals surface area contributed by atoms with E-state index in [1.165, 1.54) is 12.5 Å². The van der Waals surface area contributed by atoms with Crippen LogP contribution >= 0.6 is 22.6 Å². The number of allylic oxidation sites excluding steroid dienone is 1. The lowest BCUT2D eigenvalue weighted by Crippen LogP contribution is -2.60. The topological polar surface area (TPSA) is 86.7 Å². The van der Waals surface area contributed by atoms with Crippen molar-refractivity contribution < 1.29 is 28.7 Å². The number of fused-ring (bicyclic) bond motifs is 5. The number of ether oxygens (including phenoxy) is 2. The molecule has 38 heavy (non-hydrogen) atoms. The van der Waals surface area contributed by atoms with E-state index in [1.807, 2.05) is 12.1 Å². The average molecular weight is 633 g/mol. The minimum absolute atomic E-state index is 0.0119. The van der Waals surface area contributed by atoms with Gasteiger partial charge in [0.15, 0.2) is 18.0 Å². The van der Waals surface area contributed by atoms with Crippen molar-refractivity contribution >= 4 is 46.1 Å². The molecular weight excluding hydrogens is 595 g/mol. The van der Waals surface area contributed by atoms with Crippen molar-refractivity contribution in [1.29, 1.82) is 0 Å². The molecular formula is C31H37IO6. The number of hydrogen-bond donors (Lipinski definition) is 0. The lowest BCUT2D eigenvalue weighted by atomic mass is 9.44. The van der Waals surface area contributed by atoms with Gasteiger partial charge in [-0.25, -0.2) is 4.79 Å².